The first-order valence-corrected chi connectivity index (χ1v) is 8.69. The molecule has 0 aromatic carbocycles. The van der Waals surface area contributed by atoms with Gasteiger partial charge in [-0.15, -0.1) is 0 Å². The summed E-state index contributed by atoms with van der Waals surface area (Å²) in [4.78, 5) is 37.0. The van der Waals surface area contributed by atoms with Crippen LogP contribution in [-0.2, 0) is 9.59 Å². The molecule has 1 aliphatic heterocycles. The fraction of sp³-hybridized carbons (Fsp3) is 0.812. The topological polar surface area (TPSA) is 90.5 Å². The molecule has 130 valence electrons. The monoisotopic (exact) mass is 324 g/mol. The molecule has 0 spiro atoms. The van der Waals surface area contributed by atoms with Crippen LogP contribution in [0.5, 0.6) is 0 Å². The second-order valence-electron chi connectivity index (χ2n) is 6.45. The first-order valence-electron chi connectivity index (χ1n) is 8.69. The maximum absolute atomic E-state index is 12.0. The number of urea groups is 1. The van der Waals surface area contributed by atoms with Crippen LogP contribution in [0.3, 0.4) is 0 Å². The van der Waals surface area contributed by atoms with Crippen molar-refractivity contribution in [1.29, 1.82) is 0 Å². The Bertz CT molecular complexity index is 435. The standard InChI is InChI=1S/C16H28N4O3/c1-12(15(22)19-13-6-2-3-7-13)18-16(23)17-9-5-11-20-10-4-8-14(20)21/h12-13H,2-11H2,1H3,(H,19,22)(H2,17,18,23)/t12-/m0/s1. The van der Waals surface area contributed by atoms with Gasteiger partial charge in [-0.3, -0.25) is 9.59 Å². The summed E-state index contributed by atoms with van der Waals surface area (Å²) < 4.78 is 0. The Morgan fingerprint density at radius 1 is 1.26 bits per heavy atom. The van der Waals surface area contributed by atoms with Gasteiger partial charge in [-0.1, -0.05) is 12.8 Å². The van der Waals surface area contributed by atoms with Crippen LogP contribution >= 0.6 is 0 Å². The molecule has 7 heteroatoms. The second kappa shape index (κ2) is 8.74. The van der Waals surface area contributed by atoms with Crippen LogP contribution in [0.2, 0.25) is 0 Å². The number of hydrogen-bond acceptors (Lipinski definition) is 3. The number of hydrogen-bond donors (Lipinski definition) is 3. The average Bonchev–Trinajstić information content (AvgIpc) is 3.15. The van der Waals surface area contributed by atoms with Crippen molar-refractivity contribution in [3.63, 3.8) is 0 Å². The van der Waals surface area contributed by atoms with Gasteiger partial charge >= 0.3 is 6.03 Å². The number of carbonyl (C=O) groups excluding carboxylic acids is 3. The maximum Gasteiger partial charge on any atom is 0.315 e. The molecule has 0 aromatic rings. The summed E-state index contributed by atoms with van der Waals surface area (Å²) in [5.74, 6) is 0.0707. The molecule has 1 saturated carbocycles. The first kappa shape index (κ1) is 17.6. The molecule has 1 saturated heterocycles. The quantitative estimate of drug-likeness (QED) is 0.604. The van der Waals surface area contributed by atoms with E-state index >= 15 is 0 Å². The number of nitrogens with one attached hydrogen (secondary N) is 3. The highest BCUT2D eigenvalue weighted by molar-refractivity contribution is 5.86. The van der Waals surface area contributed by atoms with Crippen molar-refractivity contribution in [2.45, 2.75) is 64.0 Å². The summed E-state index contributed by atoms with van der Waals surface area (Å²) in [6, 6.07) is -0.629. The van der Waals surface area contributed by atoms with Crippen molar-refractivity contribution in [2.75, 3.05) is 19.6 Å². The van der Waals surface area contributed by atoms with Crippen LogP contribution in [0, 0.1) is 0 Å². The summed E-state index contributed by atoms with van der Waals surface area (Å²) in [5, 5.41) is 8.35. The van der Waals surface area contributed by atoms with Crippen molar-refractivity contribution < 1.29 is 14.4 Å². The zero-order chi connectivity index (χ0) is 16.7. The van der Waals surface area contributed by atoms with Gasteiger partial charge < -0.3 is 20.9 Å². The van der Waals surface area contributed by atoms with E-state index in [-0.39, 0.29) is 23.9 Å². The molecule has 0 unspecified atom stereocenters. The third kappa shape index (κ3) is 5.73. The minimum atomic E-state index is -0.546. The molecule has 0 bridgehead atoms. The lowest BCUT2D eigenvalue weighted by Crippen LogP contribution is -2.50. The molecule has 0 radical (unpaired) electrons. The van der Waals surface area contributed by atoms with Gasteiger partial charge in [-0.2, -0.15) is 0 Å². The van der Waals surface area contributed by atoms with E-state index in [1.807, 2.05) is 4.90 Å². The van der Waals surface area contributed by atoms with Gasteiger partial charge in [0.1, 0.15) is 6.04 Å². The van der Waals surface area contributed by atoms with Gasteiger partial charge in [0.15, 0.2) is 0 Å². The fourth-order valence-electron chi connectivity index (χ4n) is 3.12. The van der Waals surface area contributed by atoms with Crippen LogP contribution in [0.1, 0.15) is 51.9 Å². The molecule has 1 atom stereocenters. The number of nitrogens with zero attached hydrogens (tertiary/aromatic N) is 1. The molecule has 1 aliphatic carbocycles. The van der Waals surface area contributed by atoms with E-state index in [0.717, 1.165) is 45.1 Å². The van der Waals surface area contributed by atoms with Gasteiger partial charge in [0.05, 0.1) is 0 Å². The van der Waals surface area contributed by atoms with Gasteiger partial charge in [0.2, 0.25) is 11.8 Å². The third-order valence-electron chi connectivity index (χ3n) is 4.50. The van der Waals surface area contributed by atoms with Gasteiger partial charge in [-0.05, 0) is 32.6 Å². The van der Waals surface area contributed by atoms with Gasteiger partial charge in [-0.25, -0.2) is 4.79 Å². The lowest BCUT2D eigenvalue weighted by atomic mass is 10.2. The Labute approximate surface area is 137 Å². The Hall–Kier alpha value is -1.79. The molecule has 2 rings (SSSR count). The minimum Gasteiger partial charge on any atom is -0.352 e. The largest absolute Gasteiger partial charge is 0.352 e. The number of carbonyl (C=O) groups is 3. The van der Waals surface area contributed by atoms with Crippen molar-refractivity contribution in [2.24, 2.45) is 0 Å². The van der Waals surface area contributed by atoms with E-state index in [1.54, 1.807) is 6.92 Å². The summed E-state index contributed by atoms with van der Waals surface area (Å²) in [7, 11) is 0. The van der Waals surface area contributed by atoms with Gasteiger partial charge in [0.25, 0.3) is 0 Å². The Morgan fingerprint density at radius 3 is 2.65 bits per heavy atom. The summed E-state index contributed by atoms with van der Waals surface area (Å²) in [5.41, 5.74) is 0. The maximum atomic E-state index is 12.0. The lowest BCUT2D eigenvalue weighted by Gasteiger charge is -2.18. The highest BCUT2D eigenvalue weighted by Crippen LogP contribution is 2.17. The summed E-state index contributed by atoms with van der Waals surface area (Å²) in [6.07, 6.45) is 6.67. The molecule has 1 heterocycles. The SMILES string of the molecule is C[C@H](NC(=O)NCCCN1CCCC1=O)C(=O)NC1CCCC1. The number of likely N-dealkylation sites (tertiary alicyclic amines) is 1. The van der Waals surface area contributed by atoms with Crippen LogP contribution < -0.4 is 16.0 Å². The molecular formula is C16H28N4O3. The van der Waals surface area contributed by atoms with E-state index in [0.29, 0.717) is 19.5 Å². The van der Waals surface area contributed by atoms with Crippen molar-refractivity contribution in [3.8, 4) is 0 Å². The average molecular weight is 324 g/mol. The molecule has 7 nitrogen and oxygen atoms in total. The third-order valence-corrected chi connectivity index (χ3v) is 4.50. The zero-order valence-electron chi connectivity index (χ0n) is 13.9. The van der Waals surface area contributed by atoms with Crippen LogP contribution in [0.15, 0.2) is 0 Å². The van der Waals surface area contributed by atoms with E-state index in [2.05, 4.69) is 16.0 Å². The van der Waals surface area contributed by atoms with E-state index in [4.69, 9.17) is 0 Å². The highest BCUT2D eigenvalue weighted by atomic mass is 16.2. The Morgan fingerprint density at radius 2 is 2.00 bits per heavy atom. The van der Waals surface area contributed by atoms with Crippen LogP contribution in [0.4, 0.5) is 4.79 Å². The van der Waals surface area contributed by atoms with E-state index < -0.39 is 6.04 Å². The van der Waals surface area contributed by atoms with E-state index in [9.17, 15) is 14.4 Å². The smallest absolute Gasteiger partial charge is 0.315 e. The van der Waals surface area contributed by atoms with Crippen LogP contribution in [-0.4, -0.2) is 54.5 Å². The summed E-state index contributed by atoms with van der Waals surface area (Å²) in [6.45, 7) is 3.68. The molecular weight excluding hydrogens is 296 g/mol. The predicted molar refractivity (Wildman–Crippen MR) is 86.8 cm³/mol. The summed E-state index contributed by atoms with van der Waals surface area (Å²) >= 11 is 0. The Kier molecular flexibility index (Phi) is 6.67. The molecule has 4 amide bonds. The molecule has 0 aromatic heterocycles. The van der Waals surface area contributed by atoms with Crippen molar-refractivity contribution in [1.82, 2.24) is 20.9 Å². The normalized spacial score (nSPS) is 19.7. The highest BCUT2D eigenvalue weighted by Gasteiger charge is 2.22. The minimum absolute atomic E-state index is 0.130. The van der Waals surface area contributed by atoms with E-state index in [1.165, 1.54) is 0 Å². The number of rotatable bonds is 7. The predicted octanol–water partition coefficient (Wildman–Crippen LogP) is 0.745. The zero-order valence-corrected chi connectivity index (χ0v) is 13.9. The van der Waals surface area contributed by atoms with Crippen LogP contribution in [0.25, 0.3) is 0 Å². The van der Waals surface area contributed by atoms with Gasteiger partial charge in [0, 0.05) is 32.1 Å². The first-order chi connectivity index (χ1) is 11.1. The number of amides is 4. The molecule has 2 fully saturated rings. The van der Waals surface area contributed by atoms with Crippen molar-refractivity contribution in [3.05, 3.63) is 0 Å². The Balaban J connectivity index is 1.56. The molecule has 23 heavy (non-hydrogen) atoms. The van der Waals surface area contributed by atoms with Crippen molar-refractivity contribution >= 4 is 17.8 Å². The lowest BCUT2D eigenvalue weighted by molar-refractivity contribution is -0.127. The molecule has 3 N–H and O–H groups in total. The second-order valence-corrected chi connectivity index (χ2v) is 6.45. The fourth-order valence-corrected chi connectivity index (χ4v) is 3.12. The molecule has 2 aliphatic rings.